The minimum absolute atomic E-state index is 0.0545. The van der Waals surface area contributed by atoms with E-state index in [9.17, 15) is 4.79 Å². The van der Waals surface area contributed by atoms with Crippen molar-refractivity contribution in [3.05, 3.63) is 0 Å². The third kappa shape index (κ3) is 3.15. The lowest BCUT2D eigenvalue weighted by Crippen LogP contribution is -2.42. The fraction of sp³-hybridized carbons (Fsp3) is 0.833. The van der Waals surface area contributed by atoms with Gasteiger partial charge in [-0.1, -0.05) is 12.8 Å². The molecule has 0 bridgehead atoms. The molecule has 1 unspecified atom stereocenters. The summed E-state index contributed by atoms with van der Waals surface area (Å²) in [5, 5.41) is 12.1. The summed E-state index contributed by atoms with van der Waals surface area (Å²) in [4.78, 5) is 12.0. The number of thioether (sulfide) groups is 1. The van der Waals surface area contributed by atoms with Crippen molar-refractivity contribution in [1.82, 2.24) is 5.32 Å². The van der Waals surface area contributed by atoms with Crippen LogP contribution in [0.1, 0.15) is 39.0 Å². The van der Waals surface area contributed by atoms with Crippen LogP contribution in [0.15, 0.2) is 0 Å². The molecule has 0 aromatic heterocycles. The molecule has 16 heavy (non-hydrogen) atoms. The van der Waals surface area contributed by atoms with E-state index in [2.05, 4.69) is 17.6 Å². The molecule has 1 atom stereocenters. The highest BCUT2D eigenvalue weighted by Crippen LogP contribution is 2.37. The first-order valence-electron chi connectivity index (χ1n) is 5.86. The zero-order chi connectivity index (χ0) is 12.0. The smallest absolute Gasteiger partial charge is 0.240 e. The maximum atomic E-state index is 12.0. The van der Waals surface area contributed by atoms with Gasteiger partial charge in [0.05, 0.1) is 6.07 Å². The lowest BCUT2D eigenvalue weighted by Gasteiger charge is -2.22. The van der Waals surface area contributed by atoms with Crippen LogP contribution in [-0.2, 0) is 4.79 Å². The average molecular weight is 240 g/mol. The standard InChI is InChI=1S/C12H20N2OS/c1-10(5-8-16-2)14-11(15)12(9-13)6-3-4-7-12/h10H,3-8H2,1-2H3,(H,14,15). The molecule has 1 N–H and O–H groups in total. The molecule has 0 heterocycles. The number of nitrogens with zero attached hydrogens (tertiary/aromatic N) is 1. The SMILES string of the molecule is CSCCC(C)NC(=O)C1(C#N)CCCC1. The Labute approximate surface area is 102 Å². The third-order valence-corrected chi connectivity index (χ3v) is 3.88. The first kappa shape index (κ1) is 13.4. The Morgan fingerprint density at radius 3 is 2.69 bits per heavy atom. The van der Waals surface area contributed by atoms with Crippen LogP contribution in [-0.4, -0.2) is 24.0 Å². The van der Waals surface area contributed by atoms with Crippen LogP contribution in [0, 0.1) is 16.7 Å². The highest BCUT2D eigenvalue weighted by atomic mass is 32.2. The van der Waals surface area contributed by atoms with Gasteiger partial charge in [0.2, 0.25) is 5.91 Å². The Balaban J connectivity index is 2.47. The molecule has 4 heteroatoms. The van der Waals surface area contributed by atoms with Gasteiger partial charge in [-0.15, -0.1) is 0 Å². The van der Waals surface area contributed by atoms with Crippen molar-refractivity contribution < 1.29 is 4.79 Å². The average Bonchev–Trinajstić information content (AvgIpc) is 2.76. The van der Waals surface area contributed by atoms with Crippen molar-refractivity contribution >= 4 is 17.7 Å². The summed E-state index contributed by atoms with van der Waals surface area (Å²) in [6, 6.07) is 2.39. The normalized spacial score (nSPS) is 20.1. The second-order valence-electron chi connectivity index (χ2n) is 4.56. The van der Waals surface area contributed by atoms with E-state index >= 15 is 0 Å². The molecule has 1 aliphatic carbocycles. The van der Waals surface area contributed by atoms with Crippen LogP contribution in [0.25, 0.3) is 0 Å². The lowest BCUT2D eigenvalue weighted by molar-refractivity contribution is -0.128. The van der Waals surface area contributed by atoms with Gasteiger partial charge in [-0.2, -0.15) is 17.0 Å². The molecule has 1 aliphatic rings. The predicted molar refractivity (Wildman–Crippen MR) is 67.1 cm³/mol. The zero-order valence-corrected chi connectivity index (χ0v) is 10.9. The highest BCUT2D eigenvalue weighted by Gasteiger charge is 2.41. The maximum absolute atomic E-state index is 12.0. The van der Waals surface area contributed by atoms with E-state index in [-0.39, 0.29) is 11.9 Å². The van der Waals surface area contributed by atoms with Crippen molar-refractivity contribution in [2.75, 3.05) is 12.0 Å². The van der Waals surface area contributed by atoms with E-state index < -0.39 is 5.41 Å². The van der Waals surface area contributed by atoms with Gasteiger partial charge in [0.25, 0.3) is 0 Å². The molecular formula is C12H20N2OS. The Bertz CT molecular complexity index is 279. The molecule has 90 valence electrons. The van der Waals surface area contributed by atoms with Gasteiger partial charge < -0.3 is 5.32 Å². The first-order chi connectivity index (χ1) is 7.64. The summed E-state index contributed by atoms with van der Waals surface area (Å²) >= 11 is 1.78. The van der Waals surface area contributed by atoms with E-state index in [0.717, 1.165) is 37.9 Å². The largest absolute Gasteiger partial charge is 0.352 e. The van der Waals surface area contributed by atoms with Gasteiger partial charge in [0.15, 0.2) is 0 Å². The van der Waals surface area contributed by atoms with Crippen molar-refractivity contribution in [2.45, 2.75) is 45.1 Å². The number of carbonyl (C=O) groups excluding carboxylic acids is 1. The second kappa shape index (κ2) is 6.15. The van der Waals surface area contributed by atoms with Gasteiger partial charge >= 0.3 is 0 Å². The molecule has 0 spiro atoms. The summed E-state index contributed by atoms with van der Waals surface area (Å²) in [6.07, 6.45) is 6.48. The van der Waals surface area contributed by atoms with Crippen molar-refractivity contribution in [2.24, 2.45) is 5.41 Å². The van der Waals surface area contributed by atoms with Gasteiger partial charge in [0.1, 0.15) is 5.41 Å². The minimum atomic E-state index is -0.729. The fourth-order valence-electron chi connectivity index (χ4n) is 2.10. The quantitative estimate of drug-likeness (QED) is 0.802. The molecular weight excluding hydrogens is 220 g/mol. The summed E-state index contributed by atoms with van der Waals surface area (Å²) in [6.45, 7) is 2.01. The molecule has 0 aromatic rings. The lowest BCUT2D eigenvalue weighted by atomic mass is 9.87. The van der Waals surface area contributed by atoms with Crippen molar-refractivity contribution in [1.29, 1.82) is 5.26 Å². The number of hydrogen-bond donors (Lipinski definition) is 1. The molecule has 3 nitrogen and oxygen atoms in total. The topological polar surface area (TPSA) is 52.9 Å². The maximum Gasteiger partial charge on any atom is 0.240 e. The summed E-state index contributed by atoms with van der Waals surface area (Å²) < 4.78 is 0. The van der Waals surface area contributed by atoms with Gasteiger partial charge in [-0.3, -0.25) is 4.79 Å². The number of rotatable bonds is 5. The predicted octanol–water partition coefficient (Wildman–Crippen LogP) is 2.33. The van der Waals surface area contributed by atoms with E-state index in [1.54, 1.807) is 11.8 Å². The molecule has 0 saturated heterocycles. The fourth-order valence-corrected chi connectivity index (χ4v) is 2.69. The van der Waals surface area contributed by atoms with E-state index in [1.807, 2.05) is 6.92 Å². The van der Waals surface area contributed by atoms with Crippen LogP contribution in [0.3, 0.4) is 0 Å². The van der Waals surface area contributed by atoms with Gasteiger partial charge in [0, 0.05) is 6.04 Å². The van der Waals surface area contributed by atoms with Crippen LogP contribution < -0.4 is 5.32 Å². The van der Waals surface area contributed by atoms with Gasteiger partial charge in [-0.05, 0) is 38.2 Å². The number of nitrogens with one attached hydrogen (secondary N) is 1. The molecule has 0 radical (unpaired) electrons. The Kier molecular flexibility index (Phi) is 5.14. The summed E-state index contributed by atoms with van der Waals surface area (Å²) in [5.74, 6) is 0.988. The van der Waals surface area contributed by atoms with E-state index in [0.29, 0.717) is 0 Å². The van der Waals surface area contributed by atoms with Crippen molar-refractivity contribution in [3.63, 3.8) is 0 Å². The van der Waals surface area contributed by atoms with Gasteiger partial charge in [-0.25, -0.2) is 0 Å². The number of amides is 1. The van der Waals surface area contributed by atoms with Crippen LogP contribution in [0.4, 0.5) is 0 Å². The Morgan fingerprint density at radius 2 is 2.19 bits per heavy atom. The zero-order valence-electron chi connectivity index (χ0n) is 10.1. The number of carbonyl (C=O) groups is 1. The second-order valence-corrected chi connectivity index (χ2v) is 5.54. The minimum Gasteiger partial charge on any atom is -0.352 e. The highest BCUT2D eigenvalue weighted by molar-refractivity contribution is 7.98. The van der Waals surface area contributed by atoms with E-state index in [4.69, 9.17) is 5.26 Å². The van der Waals surface area contributed by atoms with Crippen LogP contribution in [0.2, 0.25) is 0 Å². The Hall–Kier alpha value is -0.690. The monoisotopic (exact) mass is 240 g/mol. The first-order valence-corrected chi connectivity index (χ1v) is 7.25. The number of hydrogen-bond acceptors (Lipinski definition) is 3. The molecule has 0 aliphatic heterocycles. The molecule has 1 amide bonds. The molecule has 1 rings (SSSR count). The molecule has 1 fully saturated rings. The van der Waals surface area contributed by atoms with E-state index in [1.165, 1.54) is 0 Å². The molecule has 0 aromatic carbocycles. The Morgan fingerprint density at radius 1 is 1.56 bits per heavy atom. The number of nitriles is 1. The van der Waals surface area contributed by atoms with Crippen LogP contribution in [0.5, 0.6) is 0 Å². The summed E-state index contributed by atoms with van der Waals surface area (Å²) in [5.41, 5.74) is -0.729. The van der Waals surface area contributed by atoms with Crippen molar-refractivity contribution in [3.8, 4) is 6.07 Å². The summed E-state index contributed by atoms with van der Waals surface area (Å²) in [7, 11) is 0. The third-order valence-electron chi connectivity index (χ3n) is 3.24. The molecule has 1 saturated carbocycles. The van der Waals surface area contributed by atoms with Crippen LogP contribution >= 0.6 is 11.8 Å².